The van der Waals surface area contributed by atoms with Gasteiger partial charge in [-0.1, -0.05) is 53.9 Å². The Balaban J connectivity index is 2.91. The monoisotopic (exact) mass is 322 g/mol. The minimum absolute atomic E-state index is 0.132. The zero-order valence-corrected chi connectivity index (χ0v) is 16.0. The maximum absolute atomic E-state index is 12.8. The van der Waals surface area contributed by atoms with E-state index < -0.39 is 11.0 Å². The molecule has 2 atom stereocenters. The summed E-state index contributed by atoms with van der Waals surface area (Å²) in [4.78, 5) is 12.8. The van der Waals surface area contributed by atoms with E-state index in [1.165, 1.54) is 19.3 Å². The van der Waals surface area contributed by atoms with Gasteiger partial charge in [-0.3, -0.25) is 4.79 Å². The summed E-state index contributed by atoms with van der Waals surface area (Å²) in [7, 11) is 0. The Bertz CT molecular complexity index is 494. The highest BCUT2D eigenvalue weighted by Gasteiger charge is 2.50. The highest BCUT2D eigenvalue weighted by Crippen LogP contribution is 2.42. The average molecular weight is 322 g/mol. The molecule has 3 heteroatoms. The van der Waals surface area contributed by atoms with Crippen molar-refractivity contribution in [3.63, 3.8) is 0 Å². The molecule has 0 aliphatic heterocycles. The molecule has 132 valence electrons. The maximum Gasteiger partial charge on any atom is 0.174 e. The highest BCUT2D eigenvalue weighted by atomic mass is 16.5. The molecule has 0 spiro atoms. The van der Waals surface area contributed by atoms with Crippen LogP contribution in [0, 0.1) is 11.3 Å². The van der Waals surface area contributed by atoms with Crippen LogP contribution in [0.15, 0.2) is 23.0 Å². The standard InChI is InChI=1S/C20H34O3/c1-8-9-10-11-12-23-17-13-14(2)20(22,16(4)15(17)3)18(21)19(5,6)7/h13,16,22H,8-12H2,1-7H3. The molecule has 1 N–H and O–H groups in total. The lowest BCUT2D eigenvalue weighted by molar-refractivity contribution is -0.145. The molecule has 2 unspecified atom stereocenters. The number of unbranched alkanes of at least 4 members (excludes halogenated alkanes) is 3. The fraction of sp³-hybridized carbons (Fsp3) is 0.750. The van der Waals surface area contributed by atoms with Crippen molar-refractivity contribution in [2.45, 2.75) is 79.8 Å². The van der Waals surface area contributed by atoms with E-state index in [4.69, 9.17) is 4.74 Å². The lowest BCUT2D eigenvalue weighted by Crippen LogP contribution is -2.52. The first-order valence-electron chi connectivity index (χ1n) is 8.86. The molecule has 0 saturated heterocycles. The predicted octanol–water partition coefficient (Wildman–Crippen LogP) is 4.80. The molecule has 0 heterocycles. The third-order valence-corrected chi connectivity index (χ3v) is 4.90. The van der Waals surface area contributed by atoms with Gasteiger partial charge in [0.2, 0.25) is 0 Å². The zero-order valence-electron chi connectivity index (χ0n) is 16.0. The molecule has 0 aromatic carbocycles. The van der Waals surface area contributed by atoms with Gasteiger partial charge in [-0.15, -0.1) is 0 Å². The largest absolute Gasteiger partial charge is 0.494 e. The average Bonchev–Trinajstić information content (AvgIpc) is 2.48. The third-order valence-electron chi connectivity index (χ3n) is 4.90. The summed E-state index contributed by atoms with van der Waals surface area (Å²) in [5.41, 5.74) is -0.390. The van der Waals surface area contributed by atoms with Crippen molar-refractivity contribution in [1.82, 2.24) is 0 Å². The molecule has 23 heavy (non-hydrogen) atoms. The molecule has 0 saturated carbocycles. The number of carbonyl (C=O) groups excluding carboxylic acids is 1. The van der Waals surface area contributed by atoms with Gasteiger partial charge in [0.25, 0.3) is 0 Å². The molecule has 0 radical (unpaired) electrons. The van der Waals surface area contributed by atoms with Crippen molar-refractivity contribution in [3.05, 3.63) is 23.0 Å². The first-order chi connectivity index (χ1) is 10.6. The first-order valence-corrected chi connectivity index (χ1v) is 8.86. The number of aliphatic hydroxyl groups is 1. The maximum atomic E-state index is 12.8. The van der Waals surface area contributed by atoms with Crippen molar-refractivity contribution in [2.24, 2.45) is 11.3 Å². The molecular formula is C20H34O3. The van der Waals surface area contributed by atoms with E-state index >= 15 is 0 Å². The van der Waals surface area contributed by atoms with Gasteiger partial charge in [0.1, 0.15) is 5.76 Å². The predicted molar refractivity (Wildman–Crippen MR) is 95.1 cm³/mol. The molecule has 0 bridgehead atoms. The second-order valence-electron chi connectivity index (χ2n) is 7.85. The van der Waals surface area contributed by atoms with Crippen LogP contribution in [0.25, 0.3) is 0 Å². The summed E-state index contributed by atoms with van der Waals surface area (Å²) in [6.07, 6.45) is 6.50. The van der Waals surface area contributed by atoms with Crippen molar-refractivity contribution < 1.29 is 14.6 Å². The van der Waals surface area contributed by atoms with Crippen LogP contribution >= 0.6 is 0 Å². The molecule has 1 rings (SSSR count). The number of hydrogen-bond acceptors (Lipinski definition) is 3. The fourth-order valence-corrected chi connectivity index (χ4v) is 3.10. The molecule has 0 fully saturated rings. The van der Waals surface area contributed by atoms with E-state index in [1.54, 1.807) is 0 Å². The molecule has 1 aliphatic carbocycles. The van der Waals surface area contributed by atoms with Gasteiger partial charge < -0.3 is 9.84 Å². The smallest absolute Gasteiger partial charge is 0.174 e. The number of ketones is 1. The number of Topliss-reactive ketones (excluding diaryl/α,β-unsaturated/α-hetero) is 1. The van der Waals surface area contributed by atoms with E-state index in [0.717, 1.165) is 17.8 Å². The van der Waals surface area contributed by atoms with Crippen LogP contribution in [0.3, 0.4) is 0 Å². The van der Waals surface area contributed by atoms with Gasteiger partial charge >= 0.3 is 0 Å². The lowest BCUT2D eigenvalue weighted by atomic mass is 9.66. The van der Waals surface area contributed by atoms with Gasteiger partial charge in [-0.2, -0.15) is 0 Å². The molecule has 0 amide bonds. The van der Waals surface area contributed by atoms with Crippen molar-refractivity contribution in [1.29, 1.82) is 0 Å². The van der Waals surface area contributed by atoms with Crippen LogP contribution in [0.4, 0.5) is 0 Å². The number of rotatable bonds is 7. The molecule has 0 aromatic heterocycles. The van der Waals surface area contributed by atoms with E-state index in [0.29, 0.717) is 12.2 Å². The summed E-state index contributed by atoms with van der Waals surface area (Å²) in [5, 5.41) is 11.1. The number of carbonyl (C=O) groups is 1. The summed E-state index contributed by atoms with van der Waals surface area (Å²) in [6, 6.07) is 0. The van der Waals surface area contributed by atoms with Crippen LogP contribution in [0.5, 0.6) is 0 Å². The Labute approximate surface area is 141 Å². The molecule has 0 aromatic rings. The van der Waals surface area contributed by atoms with Gasteiger partial charge in [-0.25, -0.2) is 0 Å². The van der Waals surface area contributed by atoms with Gasteiger partial charge in [0, 0.05) is 11.3 Å². The number of hydrogen-bond donors (Lipinski definition) is 1. The lowest BCUT2D eigenvalue weighted by Gasteiger charge is -2.41. The van der Waals surface area contributed by atoms with Crippen LogP contribution in [0.2, 0.25) is 0 Å². The Morgan fingerprint density at radius 2 is 1.87 bits per heavy atom. The minimum Gasteiger partial charge on any atom is -0.494 e. The Morgan fingerprint density at radius 1 is 1.26 bits per heavy atom. The van der Waals surface area contributed by atoms with Crippen molar-refractivity contribution in [3.8, 4) is 0 Å². The van der Waals surface area contributed by atoms with E-state index in [-0.39, 0.29) is 11.7 Å². The van der Waals surface area contributed by atoms with Gasteiger partial charge in [0.05, 0.1) is 6.61 Å². The Morgan fingerprint density at radius 3 is 2.39 bits per heavy atom. The second-order valence-corrected chi connectivity index (χ2v) is 7.85. The summed E-state index contributed by atoms with van der Waals surface area (Å²) < 4.78 is 5.92. The van der Waals surface area contributed by atoms with Crippen LogP contribution in [-0.2, 0) is 9.53 Å². The summed E-state index contributed by atoms with van der Waals surface area (Å²) in [5.74, 6) is 0.412. The molecule has 1 aliphatic rings. The van der Waals surface area contributed by atoms with E-state index in [9.17, 15) is 9.90 Å². The number of allylic oxidation sites excluding steroid dienone is 1. The highest BCUT2D eigenvalue weighted by molar-refractivity contribution is 5.95. The van der Waals surface area contributed by atoms with Crippen LogP contribution in [0.1, 0.15) is 74.1 Å². The third kappa shape index (κ3) is 4.26. The second kappa shape index (κ2) is 7.65. The minimum atomic E-state index is -1.43. The van der Waals surface area contributed by atoms with Crippen LogP contribution in [-0.4, -0.2) is 23.1 Å². The van der Waals surface area contributed by atoms with Gasteiger partial charge in [0.15, 0.2) is 11.4 Å². The van der Waals surface area contributed by atoms with Crippen molar-refractivity contribution in [2.75, 3.05) is 6.61 Å². The fourth-order valence-electron chi connectivity index (χ4n) is 3.10. The quantitative estimate of drug-likeness (QED) is 0.685. The molecular weight excluding hydrogens is 288 g/mol. The molecule has 3 nitrogen and oxygen atoms in total. The zero-order chi connectivity index (χ0) is 17.8. The Kier molecular flexibility index (Phi) is 6.64. The SMILES string of the molecule is CCCCCCOC1=C(C)C(C)C(O)(C(=O)C(C)(C)C)C(C)=C1. The summed E-state index contributed by atoms with van der Waals surface area (Å²) in [6.45, 7) is 14.1. The first kappa shape index (κ1) is 20.0. The topological polar surface area (TPSA) is 46.5 Å². The van der Waals surface area contributed by atoms with Crippen molar-refractivity contribution >= 4 is 5.78 Å². The Hall–Kier alpha value is -1.09. The van der Waals surface area contributed by atoms with E-state index in [2.05, 4.69) is 6.92 Å². The van der Waals surface area contributed by atoms with Crippen LogP contribution < -0.4 is 0 Å². The van der Waals surface area contributed by atoms with E-state index in [1.807, 2.05) is 47.6 Å². The van der Waals surface area contributed by atoms with Gasteiger partial charge in [-0.05, 0) is 37.5 Å². The number of ether oxygens (including phenoxy) is 1. The summed E-state index contributed by atoms with van der Waals surface area (Å²) >= 11 is 0. The normalized spacial score (nSPS) is 25.4.